The summed E-state index contributed by atoms with van der Waals surface area (Å²) in [5.74, 6) is -7.24. The largest absolute Gasteiger partial charge is 0.480 e. The molecule has 0 radical (unpaired) electrons. The molecule has 45 heavy (non-hydrogen) atoms. The summed E-state index contributed by atoms with van der Waals surface area (Å²) >= 11 is 0. The number of amides is 3. The Hall–Kier alpha value is -5.33. The molecule has 2 heterocycles. The van der Waals surface area contributed by atoms with E-state index in [1.54, 1.807) is 25.7 Å². The number of hydrogen-bond acceptors (Lipinski definition) is 10. The lowest BCUT2D eigenvalue weighted by molar-refractivity contribution is -0.150. The standard InChI is InChI=1S/C26H36N8O11/c1-16(26(2,3)25(27)45)32(8-17-28-4-6-30(17)10-19(35)33(12-21(37)38)13-22(39)40)9-18-29-5-7-31(18)11-20(36)34(14-23(41)42)15-24(43)44/h4-7,16H,8-15H2,1-3H3,(H2,27,45)(H,37,38)(H,39,40)(H,41,42)(H,43,44). The van der Waals surface area contributed by atoms with Crippen molar-refractivity contribution >= 4 is 41.6 Å². The number of carboxylic acid groups (broad SMARTS) is 4. The second-order valence-electron chi connectivity index (χ2n) is 10.7. The third-order valence-electron chi connectivity index (χ3n) is 7.14. The number of carbonyl (C=O) groups is 7. The monoisotopic (exact) mass is 636 g/mol. The first-order chi connectivity index (χ1) is 20.9. The first-order valence-corrected chi connectivity index (χ1v) is 13.4. The molecule has 0 bridgehead atoms. The Bertz CT molecular complexity index is 1310. The number of nitrogens with zero attached hydrogens (tertiary/aromatic N) is 7. The van der Waals surface area contributed by atoms with E-state index in [9.17, 15) is 33.6 Å². The van der Waals surface area contributed by atoms with E-state index >= 15 is 0 Å². The van der Waals surface area contributed by atoms with Gasteiger partial charge in [-0.25, -0.2) is 9.97 Å². The first-order valence-electron chi connectivity index (χ1n) is 13.4. The highest BCUT2D eigenvalue weighted by Gasteiger charge is 2.37. The molecule has 2 aromatic heterocycles. The lowest BCUT2D eigenvalue weighted by Crippen LogP contribution is -2.50. The molecule has 0 aliphatic heterocycles. The Morgan fingerprint density at radius 3 is 1.36 bits per heavy atom. The van der Waals surface area contributed by atoms with Crippen LogP contribution >= 0.6 is 0 Å². The van der Waals surface area contributed by atoms with E-state index in [4.69, 9.17) is 26.2 Å². The molecule has 2 rings (SSSR count). The topological polar surface area (TPSA) is 272 Å². The zero-order valence-electron chi connectivity index (χ0n) is 24.9. The molecule has 0 fully saturated rings. The fraction of sp³-hybridized carbons (Fsp3) is 0.500. The summed E-state index contributed by atoms with van der Waals surface area (Å²) < 4.78 is 2.78. The third-order valence-corrected chi connectivity index (χ3v) is 7.14. The van der Waals surface area contributed by atoms with Crippen molar-refractivity contribution < 1.29 is 54.0 Å². The number of hydrogen-bond donors (Lipinski definition) is 5. The van der Waals surface area contributed by atoms with Crippen molar-refractivity contribution in [1.82, 2.24) is 33.8 Å². The van der Waals surface area contributed by atoms with E-state index < -0.39 is 92.3 Å². The van der Waals surface area contributed by atoms with Crippen LogP contribution in [-0.4, -0.2) is 128 Å². The number of aliphatic carboxylic acids is 4. The molecule has 1 atom stereocenters. The number of nitrogens with two attached hydrogens (primary N) is 1. The smallest absolute Gasteiger partial charge is 0.323 e. The summed E-state index contributed by atoms with van der Waals surface area (Å²) in [4.78, 5) is 94.4. The van der Waals surface area contributed by atoms with E-state index in [1.807, 2.05) is 0 Å². The van der Waals surface area contributed by atoms with Crippen LogP contribution in [0.5, 0.6) is 0 Å². The molecular weight excluding hydrogens is 600 g/mol. The lowest BCUT2D eigenvalue weighted by Gasteiger charge is -2.38. The van der Waals surface area contributed by atoms with Gasteiger partial charge in [0.25, 0.3) is 0 Å². The molecule has 0 saturated heterocycles. The van der Waals surface area contributed by atoms with Crippen molar-refractivity contribution in [3.63, 3.8) is 0 Å². The zero-order chi connectivity index (χ0) is 34.1. The molecule has 246 valence electrons. The van der Waals surface area contributed by atoms with Gasteiger partial charge in [-0.15, -0.1) is 0 Å². The summed E-state index contributed by atoms with van der Waals surface area (Å²) in [6, 6.07) is -0.609. The highest BCUT2D eigenvalue weighted by Crippen LogP contribution is 2.27. The van der Waals surface area contributed by atoms with Crippen LogP contribution in [-0.2, 0) is 59.7 Å². The minimum absolute atomic E-state index is 0.0268. The maximum Gasteiger partial charge on any atom is 0.323 e. The predicted octanol–water partition coefficient (Wildman–Crippen LogP) is -2.02. The minimum Gasteiger partial charge on any atom is -0.480 e. The Morgan fingerprint density at radius 2 is 1.07 bits per heavy atom. The van der Waals surface area contributed by atoms with Gasteiger partial charge in [0.2, 0.25) is 17.7 Å². The van der Waals surface area contributed by atoms with Gasteiger partial charge in [0.05, 0.1) is 18.5 Å². The van der Waals surface area contributed by atoms with Gasteiger partial charge in [-0.05, 0) is 20.8 Å². The fourth-order valence-electron chi connectivity index (χ4n) is 4.24. The normalized spacial score (nSPS) is 12.0. The van der Waals surface area contributed by atoms with E-state index in [0.717, 1.165) is 0 Å². The molecular formula is C26H36N8O11. The lowest BCUT2D eigenvalue weighted by atomic mass is 9.83. The SMILES string of the molecule is CC(N(Cc1nccn1CC(=O)N(CC(=O)O)CC(=O)O)Cc1nccn1CC(=O)N(CC(=O)O)CC(=O)O)C(C)(C)C(N)=O. The maximum absolute atomic E-state index is 12.8. The number of carboxylic acids is 4. The van der Waals surface area contributed by atoms with Crippen LogP contribution in [0.2, 0.25) is 0 Å². The number of primary amides is 1. The molecule has 3 amide bonds. The van der Waals surface area contributed by atoms with Crippen molar-refractivity contribution in [2.24, 2.45) is 11.1 Å². The Labute approximate surface area is 256 Å². The average molecular weight is 637 g/mol. The molecule has 0 spiro atoms. The van der Waals surface area contributed by atoms with Crippen LogP contribution in [0.15, 0.2) is 24.8 Å². The minimum atomic E-state index is -1.40. The van der Waals surface area contributed by atoms with Gasteiger partial charge in [0.1, 0.15) is 50.9 Å². The molecule has 0 aromatic carbocycles. The maximum atomic E-state index is 12.8. The Kier molecular flexibility index (Phi) is 12.3. The van der Waals surface area contributed by atoms with E-state index in [1.165, 1.54) is 33.9 Å². The van der Waals surface area contributed by atoms with Gasteiger partial charge in [-0.3, -0.25) is 38.5 Å². The second kappa shape index (κ2) is 15.4. The van der Waals surface area contributed by atoms with Gasteiger partial charge in [-0.1, -0.05) is 0 Å². The van der Waals surface area contributed by atoms with Gasteiger partial charge in [-0.2, -0.15) is 0 Å². The van der Waals surface area contributed by atoms with E-state index in [2.05, 4.69) is 9.97 Å². The zero-order valence-corrected chi connectivity index (χ0v) is 24.9. The van der Waals surface area contributed by atoms with Gasteiger partial charge in [0.15, 0.2) is 0 Å². The van der Waals surface area contributed by atoms with Crippen LogP contribution < -0.4 is 5.73 Å². The first kappa shape index (κ1) is 35.9. The number of rotatable bonds is 19. The molecule has 0 saturated carbocycles. The average Bonchev–Trinajstić information content (AvgIpc) is 3.54. The van der Waals surface area contributed by atoms with Gasteiger partial charge < -0.3 is 45.1 Å². The van der Waals surface area contributed by atoms with Gasteiger partial charge >= 0.3 is 23.9 Å². The summed E-state index contributed by atoms with van der Waals surface area (Å²) in [6.07, 6.45) is 5.63. The van der Waals surface area contributed by atoms with E-state index in [0.29, 0.717) is 9.80 Å². The second-order valence-corrected chi connectivity index (χ2v) is 10.7. The molecule has 0 aliphatic rings. The summed E-state index contributed by atoms with van der Waals surface area (Å²) in [7, 11) is 0. The third kappa shape index (κ3) is 10.4. The molecule has 1 unspecified atom stereocenters. The predicted molar refractivity (Wildman–Crippen MR) is 150 cm³/mol. The van der Waals surface area contributed by atoms with Crippen LogP contribution in [0.3, 0.4) is 0 Å². The number of aromatic nitrogens is 4. The molecule has 19 heteroatoms. The quantitative estimate of drug-likeness (QED) is 0.111. The van der Waals surface area contributed by atoms with Crippen molar-refractivity contribution in [3.8, 4) is 0 Å². The van der Waals surface area contributed by atoms with Crippen molar-refractivity contribution in [2.45, 2.75) is 53.0 Å². The number of imidazole rings is 2. The highest BCUT2D eigenvalue weighted by molar-refractivity contribution is 5.86. The fourth-order valence-corrected chi connectivity index (χ4v) is 4.24. The van der Waals surface area contributed by atoms with E-state index in [-0.39, 0.29) is 24.7 Å². The highest BCUT2D eigenvalue weighted by atomic mass is 16.4. The molecule has 0 aliphatic carbocycles. The van der Waals surface area contributed by atoms with Crippen LogP contribution in [0.4, 0.5) is 0 Å². The number of carbonyl (C=O) groups excluding carboxylic acids is 3. The van der Waals surface area contributed by atoms with Crippen molar-refractivity contribution in [2.75, 3.05) is 26.2 Å². The van der Waals surface area contributed by atoms with Crippen molar-refractivity contribution in [3.05, 3.63) is 36.4 Å². The van der Waals surface area contributed by atoms with Gasteiger partial charge in [0, 0.05) is 30.8 Å². The van der Waals surface area contributed by atoms with Crippen LogP contribution in [0.25, 0.3) is 0 Å². The summed E-state index contributed by atoms with van der Waals surface area (Å²) in [5, 5.41) is 36.4. The summed E-state index contributed by atoms with van der Waals surface area (Å²) in [6.45, 7) is 0.686. The van der Waals surface area contributed by atoms with Crippen LogP contribution in [0, 0.1) is 5.41 Å². The van der Waals surface area contributed by atoms with Crippen molar-refractivity contribution in [1.29, 1.82) is 0 Å². The van der Waals surface area contributed by atoms with Crippen LogP contribution in [0.1, 0.15) is 32.4 Å². The Balaban J connectivity index is 2.38. The molecule has 2 aromatic rings. The summed E-state index contributed by atoms with van der Waals surface area (Å²) in [5.41, 5.74) is 4.55. The molecule has 19 nitrogen and oxygen atoms in total. The Morgan fingerprint density at radius 1 is 0.733 bits per heavy atom. The molecule has 6 N–H and O–H groups in total.